The summed E-state index contributed by atoms with van der Waals surface area (Å²) in [6.07, 6.45) is 3.35. The third-order valence-corrected chi connectivity index (χ3v) is 4.67. The molecule has 0 amide bonds. The number of hydrogen-bond acceptors (Lipinski definition) is 7. The van der Waals surface area contributed by atoms with Gasteiger partial charge in [-0.2, -0.15) is 0 Å². The molecule has 0 aromatic carbocycles. The number of aliphatic hydroxyl groups excluding tert-OH is 1. The van der Waals surface area contributed by atoms with Crippen LogP contribution in [-0.2, 0) is 4.74 Å². The number of aliphatic hydroxyl groups is 1. The topological polar surface area (TPSA) is 80.8 Å². The molecular weight excluding hydrogens is 316 g/mol. The number of aromatic amines is 1. The number of ether oxygens (including phenoxy) is 1. The van der Waals surface area contributed by atoms with E-state index < -0.39 is 0 Å². The van der Waals surface area contributed by atoms with E-state index in [1.807, 2.05) is 13.1 Å². The van der Waals surface area contributed by atoms with E-state index in [4.69, 9.17) is 9.84 Å². The highest BCUT2D eigenvalue weighted by atomic mass is 32.1. The van der Waals surface area contributed by atoms with Gasteiger partial charge in [0.1, 0.15) is 15.5 Å². The van der Waals surface area contributed by atoms with Crippen LogP contribution in [0.2, 0.25) is 0 Å². The van der Waals surface area contributed by atoms with Gasteiger partial charge in [-0.1, -0.05) is 0 Å². The van der Waals surface area contributed by atoms with Crippen LogP contribution in [0.4, 0.5) is 0 Å². The summed E-state index contributed by atoms with van der Waals surface area (Å²) in [4.78, 5) is 19.2. The fourth-order valence-corrected chi connectivity index (χ4v) is 3.21. The number of nitrogens with zero attached hydrogens (tertiary/aromatic N) is 2. The van der Waals surface area contributed by atoms with Crippen LogP contribution >= 0.6 is 11.3 Å². The Labute approximate surface area is 139 Å². The standard InChI is InChI=1S/C15H26N4O3S/c1-2-22-12-13-15(21)17-14(23-13)11-16-3-4-18-5-7-19(8-6-18)9-10-20/h11-12,16,20H,2-10H2,1H3,(H,17,21)/b13-12-,14-11?. The number of aromatic nitrogens is 1. The van der Waals surface area contributed by atoms with Gasteiger partial charge in [0.2, 0.25) is 0 Å². The number of thiazole rings is 1. The van der Waals surface area contributed by atoms with E-state index in [1.54, 1.807) is 0 Å². The molecule has 0 saturated carbocycles. The molecule has 1 saturated heterocycles. The highest BCUT2D eigenvalue weighted by Gasteiger charge is 2.15. The Bertz CT molecular complexity index is 619. The van der Waals surface area contributed by atoms with Gasteiger partial charge in [-0.05, 0) is 6.92 Å². The van der Waals surface area contributed by atoms with E-state index in [1.165, 1.54) is 17.6 Å². The predicted octanol–water partition coefficient (Wildman–Crippen LogP) is -1.85. The molecule has 0 radical (unpaired) electrons. The third-order valence-electron chi connectivity index (χ3n) is 3.72. The fourth-order valence-electron chi connectivity index (χ4n) is 2.43. The molecule has 2 rings (SSSR count). The summed E-state index contributed by atoms with van der Waals surface area (Å²) in [6.45, 7) is 9.34. The van der Waals surface area contributed by atoms with Crippen LogP contribution < -0.4 is 20.1 Å². The van der Waals surface area contributed by atoms with Crippen LogP contribution in [0.3, 0.4) is 0 Å². The average Bonchev–Trinajstić information content (AvgIpc) is 2.91. The molecule has 1 fully saturated rings. The van der Waals surface area contributed by atoms with E-state index >= 15 is 0 Å². The van der Waals surface area contributed by atoms with Crippen molar-refractivity contribution < 1.29 is 9.84 Å². The average molecular weight is 342 g/mol. The fraction of sp³-hybridized carbons (Fsp3) is 0.667. The highest BCUT2D eigenvalue weighted by Crippen LogP contribution is 1.99. The molecule has 1 aliphatic rings. The van der Waals surface area contributed by atoms with Gasteiger partial charge >= 0.3 is 0 Å². The van der Waals surface area contributed by atoms with Crippen molar-refractivity contribution in [3.8, 4) is 0 Å². The summed E-state index contributed by atoms with van der Waals surface area (Å²) in [5, 5.41) is 12.2. The van der Waals surface area contributed by atoms with Crippen LogP contribution in [0.15, 0.2) is 4.79 Å². The van der Waals surface area contributed by atoms with Gasteiger partial charge in [0.15, 0.2) is 0 Å². The summed E-state index contributed by atoms with van der Waals surface area (Å²) in [6, 6.07) is 0. The Hall–Kier alpha value is -1.35. The minimum Gasteiger partial charge on any atom is -0.500 e. The third kappa shape index (κ3) is 5.98. The molecule has 0 atom stereocenters. The molecular formula is C15H26N4O3S. The van der Waals surface area contributed by atoms with Crippen molar-refractivity contribution in [3.63, 3.8) is 0 Å². The van der Waals surface area contributed by atoms with Crippen LogP contribution in [0, 0.1) is 0 Å². The van der Waals surface area contributed by atoms with Gasteiger partial charge in [-0.3, -0.25) is 14.6 Å². The first-order valence-electron chi connectivity index (χ1n) is 8.03. The van der Waals surface area contributed by atoms with Crippen LogP contribution in [0.1, 0.15) is 6.92 Å². The minimum atomic E-state index is -0.114. The number of piperazine rings is 1. The zero-order valence-electron chi connectivity index (χ0n) is 13.6. The quantitative estimate of drug-likeness (QED) is 0.481. The predicted molar refractivity (Wildman–Crippen MR) is 92.7 cm³/mol. The molecule has 0 bridgehead atoms. The van der Waals surface area contributed by atoms with Gasteiger partial charge in [0.25, 0.3) is 5.56 Å². The molecule has 23 heavy (non-hydrogen) atoms. The number of β-amino-alcohol motifs (C(OH)–C–C–N with tert-alkyl or cyclic N) is 1. The molecule has 1 aliphatic heterocycles. The second-order valence-corrected chi connectivity index (χ2v) is 6.45. The molecule has 0 spiro atoms. The summed E-state index contributed by atoms with van der Waals surface area (Å²) < 4.78 is 6.53. The minimum absolute atomic E-state index is 0.114. The normalized spacial score (nSPS) is 18.5. The molecule has 130 valence electrons. The zero-order chi connectivity index (χ0) is 16.5. The van der Waals surface area contributed by atoms with Crippen molar-refractivity contribution >= 4 is 23.8 Å². The van der Waals surface area contributed by atoms with Crippen molar-refractivity contribution in [3.05, 3.63) is 19.5 Å². The Morgan fingerprint density at radius 3 is 2.65 bits per heavy atom. The van der Waals surface area contributed by atoms with Crippen molar-refractivity contribution in [1.82, 2.24) is 20.1 Å². The molecule has 7 nitrogen and oxygen atoms in total. The second kappa shape index (κ2) is 9.71. The summed E-state index contributed by atoms with van der Waals surface area (Å²) in [7, 11) is 0. The van der Waals surface area contributed by atoms with Crippen molar-refractivity contribution in [2.24, 2.45) is 0 Å². The lowest BCUT2D eigenvalue weighted by Gasteiger charge is -2.34. The van der Waals surface area contributed by atoms with E-state index in [2.05, 4.69) is 20.1 Å². The lowest BCUT2D eigenvalue weighted by molar-refractivity contribution is 0.114. The maximum Gasteiger partial charge on any atom is 0.269 e. The summed E-state index contributed by atoms with van der Waals surface area (Å²) >= 11 is 1.38. The molecule has 0 unspecified atom stereocenters. The van der Waals surface area contributed by atoms with E-state index in [9.17, 15) is 4.79 Å². The monoisotopic (exact) mass is 342 g/mol. The number of rotatable bonds is 8. The summed E-state index contributed by atoms with van der Waals surface area (Å²) in [5.74, 6) is 0. The molecule has 2 heterocycles. The second-order valence-electron chi connectivity index (χ2n) is 5.36. The molecule has 1 aromatic heterocycles. The van der Waals surface area contributed by atoms with Crippen molar-refractivity contribution in [2.75, 3.05) is 59.0 Å². The molecule has 1 aromatic rings. The van der Waals surface area contributed by atoms with Crippen LogP contribution in [0.5, 0.6) is 0 Å². The zero-order valence-corrected chi connectivity index (χ0v) is 14.4. The van der Waals surface area contributed by atoms with Gasteiger partial charge in [-0.25, -0.2) is 0 Å². The van der Waals surface area contributed by atoms with Gasteiger partial charge in [-0.15, -0.1) is 11.3 Å². The molecule has 8 heteroatoms. The first-order valence-corrected chi connectivity index (χ1v) is 8.84. The lowest BCUT2D eigenvalue weighted by Crippen LogP contribution is -2.48. The maximum absolute atomic E-state index is 11.7. The smallest absolute Gasteiger partial charge is 0.269 e. The largest absolute Gasteiger partial charge is 0.500 e. The Morgan fingerprint density at radius 2 is 2.00 bits per heavy atom. The van der Waals surface area contributed by atoms with Gasteiger partial charge in [0.05, 0.1) is 13.2 Å². The van der Waals surface area contributed by atoms with Crippen LogP contribution in [-0.4, -0.2) is 78.9 Å². The van der Waals surface area contributed by atoms with E-state index in [0.717, 1.165) is 50.5 Å². The van der Waals surface area contributed by atoms with Crippen molar-refractivity contribution in [2.45, 2.75) is 6.92 Å². The Balaban J connectivity index is 1.74. The lowest BCUT2D eigenvalue weighted by atomic mass is 10.3. The van der Waals surface area contributed by atoms with Gasteiger partial charge in [0, 0.05) is 52.0 Å². The number of nitrogens with one attached hydrogen (secondary N) is 2. The van der Waals surface area contributed by atoms with Crippen molar-refractivity contribution in [1.29, 1.82) is 0 Å². The molecule has 0 aliphatic carbocycles. The molecule has 3 N–H and O–H groups in total. The highest BCUT2D eigenvalue weighted by molar-refractivity contribution is 7.07. The number of hydrogen-bond donors (Lipinski definition) is 3. The van der Waals surface area contributed by atoms with Crippen LogP contribution in [0.25, 0.3) is 12.5 Å². The Kier molecular flexibility index (Phi) is 7.60. The van der Waals surface area contributed by atoms with E-state index in [-0.39, 0.29) is 12.2 Å². The SMILES string of the molecule is CCO/C=c1\sc(=CNCCN2CCN(CCO)CC2)[nH]c1=O. The Morgan fingerprint density at radius 1 is 1.30 bits per heavy atom. The number of H-pyrrole nitrogens is 1. The summed E-state index contributed by atoms with van der Waals surface area (Å²) in [5.41, 5.74) is -0.114. The first-order chi connectivity index (χ1) is 11.2. The maximum atomic E-state index is 11.7. The van der Waals surface area contributed by atoms with Gasteiger partial charge < -0.3 is 20.1 Å². The first kappa shape index (κ1) is 18.0. The van der Waals surface area contributed by atoms with E-state index in [0.29, 0.717) is 11.1 Å².